The molecule has 0 amide bonds. The molecule has 0 saturated carbocycles. The first-order chi connectivity index (χ1) is 7.71. The van der Waals surface area contributed by atoms with Crippen molar-refractivity contribution in [2.45, 2.75) is 12.5 Å². The van der Waals surface area contributed by atoms with Gasteiger partial charge in [0.2, 0.25) is 0 Å². The van der Waals surface area contributed by atoms with E-state index in [9.17, 15) is 22.1 Å². The Labute approximate surface area is 143 Å². The van der Waals surface area contributed by atoms with Crippen LogP contribution in [-0.2, 0) is 11.2 Å². The summed E-state index contributed by atoms with van der Waals surface area (Å²) in [6.07, 6.45) is -0.355. The van der Waals surface area contributed by atoms with Crippen LogP contribution in [0.15, 0.2) is 18.2 Å². The van der Waals surface area contributed by atoms with E-state index in [1.807, 2.05) is 0 Å². The van der Waals surface area contributed by atoms with E-state index in [0.29, 0.717) is 12.1 Å². The second-order valence-electron chi connectivity index (χ2n) is 3.57. The average molecular weight is 289 g/mol. The van der Waals surface area contributed by atoms with Crippen LogP contribution in [0.25, 0.3) is 0 Å². The van der Waals surface area contributed by atoms with E-state index in [0.717, 1.165) is 6.07 Å². The summed E-state index contributed by atoms with van der Waals surface area (Å²) in [7, 11) is 0. The quantitative estimate of drug-likeness (QED) is 0.490. The van der Waals surface area contributed by atoms with Crippen molar-refractivity contribution in [1.29, 1.82) is 0 Å². The Morgan fingerprint density at radius 3 is 2.33 bits per heavy atom. The number of carbonyl (C=O) groups is 1. The molecule has 18 heavy (non-hydrogen) atoms. The van der Waals surface area contributed by atoms with Crippen LogP contribution in [0.5, 0.6) is 0 Å². The van der Waals surface area contributed by atoms with Crippen LogP contribution in [0.3, 0.4) is 0 Å². The molecule has 0 aromatic heterocycles. The maximum atomic E-state index is 13.3. The summed E-state index contributed by atoms with van der Waals surface area (Å²) in [6, 6.07) is 0.631. The summed E-state index contributed by atoms with van der Waals surface area (Å²) in [6.45, 7) is -5.26. The number of benzene rings is 1. The second-order valence-corrected chi connectivity index (χ2v) is 3.57. The van der Waals surface area contributed by atoms with Gasteiger partial charge in [0.1, 0.15) is 11.9 Å². The largest absolute Gasteiger partial charge is 1.00 e. The first kappa shape index (κ1) is 18.1. The molecule has 94 valence electrons. The van der Waals surface area contributed by atoms with E-state index in [2.05, 4.69) is 0 Å². The number of nitrogens with two attached hydrogens (primary N) is 1. The molecule has 1 aromatic carbocycles. The summed E-state index contributed by atoms with van der Waals surface area (Å²) in [4.78, 5) is 10.4. The third-order valence-corrected chi connectivity index (χ3v) is 2.21. The van der Waals surface area contributed by atoms with Crippen molar-refractivity contribution in [2.75, 3.05) is 0 Å². The summed E-state index contributed by atoms with van der Waals surface area (Å²) in [5.74, 6) is -2.44. The zero-order chi connectivity index (χ0) is 13.2. The van der Waals surface area contributed by atoms with Gasteiger partial charge in [-0.05, 0) is 5.56 Å². The van der Waals surface area contributed by atoms with E-state index in [1.165, 1.54) is 0 Å². The molecule has 1 rings (SSSR count). The number of aliphatic carboxylic acids is 1. The maximum absolute atomic E-state index is 13.3. The summed E-state index contributed by atoms with van der Waals surface area (Å²) in [5.41, 5.74) is 3.95. The number of hydrogen-bond acceptors (Lipinski definition) is 2. The zero-order valence-electron chi connectivity index (χ0n) is 9.54. The number of carboxylic acid groups (broad SMARTS) is 1. The molecule has 0 unspecified atom stereocenters. The Balaban J connectivity index is 0.00000289. The monoisotopic (exact) mass is 289 g/mol. The molecule has 3 N–H and O–H groups in total. The number of rotatable bonds is 4. The molecular formula is C9H9BF4KNO2. The normalized spacial score (nSPS) is 12.7. The molecule has 1 aromatic rings. The molecule has 1 atom stereocenters. The minimum absolute atomic E-state index is 0. The van der Waals surface area contributed by atoms with Crippen molar-refractivity contribution < 1.29 is 78.6 Å². The Morgan fingerprint density at radius 1 is 1.39 bits per heavy atom. The van der Waals surface area contributed by atoms with Crippen LogP contribution in [0, 0.1) is 5.82 Å². The van der Waals surface area contributed by atoms with Crippen molar-refractivity contribution >= 4 is 18.4 Å². The molecule has 0 radical (unpaired) electrons. The van der Waals surface area contributed by atoms with E-state index < -0.39 is 30.3 Å². The smallest absolute Gasteiger partial charge is 0.480 e. The number of carboxylic acids is 1. The molecule has 0 fully saturated rings. The fourth-order valence-corrected chi connectivity index (χ4v) is 1.26. The van der Waals surface area contributed by atoms with Crippen LogP contribution in [0.2, 0.25) is 0 Å². The molecule has 0 saturated heterocycles. The molecular weight excluding hydrogens is 280 g/mol. The van der Waals surface area contributed by atoms with Crippen molar-refractivity contribution in [2.24, 2.45) is 5.73 Å². The second kappa shape index (κ2) is 7.01. The first-order valence-electron chi connectivity index (χ1n) is 4.68. The van der Waals surface area contributed by atoms with Crippen molar-refractivity contribution in [3.05, 3.63) is 29.6 Å². The third-order valence-electron chi connectivity index (χ3n) is 2.21. The van der Waals surface area contributed by atoms with Gasteiger partial charge in [-0.25, -0.2) is 4.39 Å². The summed E-state index contributed by atoms with van der Waals surface area (Å²) < 4.78 is 50.1. The van der Waals surface area contributed by atoms with Crippen LogP contribution in [0.1, 0.15) is 5.56 Å². The molecule has 0 bridgehead atoms. The van der Waals surface area contributed by atoms with Gasteiger partial charge >= 0.3 is 64.3 Å². The van der Waals surface area contributed by atoms with Gasteiger partial charge in [-0.1, -0.05) is 18.2 Å². The topological polar surface area (TPSA) is 63.3 Å². The molecule has 0 aliphatic carbocycles. The van der Waals surface area contributed by atoms with Crippen LogP contribution in [0.4, 0.5) is 17.3 Å². The Kier molecular flexibility index (Phi) is 7.04. The zero-order valence-corrected chi connectivity index (χ0v) is 12.7. The predicted molar refractivity (Wildman–Crippen MR) is 54.4 cm³/mol. The third kappa shape index (κ3) is 4.98. The molecule has 9 heteroatoms. The number of halogens is 4. The van der Waals surface area contributed by atoms with Crippen LogP contribution in [-0.4, -0.2) is 24.1 Å². The minimum Gasteiger partial charge on any atom is -0.480 e. The van der Waals surface area contributed by atoms with E-state index in [4.69, 9.17) is 10.8 Å². The van der Waals surface area contributed by atoms with Crippen molar-refractivity contribution in [3.8, 4) is 0 Å². The van der Waals surface area contributed by atoms with Gasteiger partial charge in [0.05, 0.1) is 0 Å². The molecule has 0 aliphatic heterocycles. The molecule has 0 heterocycles. The SMILES string of the molecule is N[C@@H](Cc1ccc([B-](F)(F)F)cc1F)C(=O)O.[K+]. The Bertz CT molecular complexity index is 441. The van der Waals surface area contributed by atoms with Gasteiger partial charge in [-0.15, -0.1) is 5.46 Å². The van der Waals surface area contributed by atoms with Gasteiger partial charge < -0.3 is 23.8 Å². The molecule has 0 aliphatic rings. The van der Waals surface area contributed by atoms with Crippen molar-refractivity contribution in [3.63, 3.8) is 0 Å². The fraction of sp³-hybridized carbons (Fsp3) is 0.222. The maximum Gasteiger partial charge on any atom is 1.00 e. The molecule has 3 nitrogen and oxygen atoms in total. The molecule has 0 spiro atoms. The van der Waals surface area contributed by atoms with Crippen LogP contribution >= 0.6 is 0 Å². The number of hydrogen-bond donors (Lipinski definition) is 2. The van der Waals surface area contributed by atoms with Crippen LogP contribution < -0.4 is 62.6 Å². The van der Waals surface area contributed by atoms with E-state index in [1.54, 1.807) is 0 Å². The Hall–Kier alpha value is 0.0713. The Morgan fingerprint density at radius 2 is 1.94 bits per heavy atom. The van der Waals surface area contributed by atoms with Gasteiger partial charge in [0.25, 0.3) is 0 Å². The predicted octanol–water partition coefficient (Wildman–Crippen LogP) is -2.16. The van der Waals surface area contributed by atoms with Gasteiger partial charge in [0.15, 0.2) is 0 Å². The van der Waals surface area contributed by atoms with Gasteiger partial charge in [-0.2, -0.15) is 0 Å². The standard InChI is InChI=1S/C9H9BF4NO2.K/c11-7-4-6(10(12,13)14)2-1-5(7)3-8(15)9(16)17;/h1-2,4,8H,3,15H2,(H,16,17);/q-1;+1/t8-;/m0./s1. The van der Waals surface area contributed by atoms with Gasteiger partial charge in [0, 0.05) is 6.42 Å². The average Bonchev–Trinajstić information content (AvgIpc) is 2.19. The summed E-state index contributed by atoms with van der Waals surface area (Å²) in [5, 5.41) is 8.49. The van der Waals surface area contributed by atoms with Gasteiger partial charge in [-0.3, -0.25) is 4.79 Å². The van der Waals surface area contributed by atoms with E-state index >= 15 is 0 Å². The fourth-order valence-electron chi connectivity index (χ4n) is 1.26. The first-order valence-corrected chi connectivity index (χ1v) is 4.68. The summed E-state index contributed by atoms with van der Waals surface area (Å²) >= 11 is 0. The minimum atomic E-state index is -5.26. The van der Waals surface area contributed by atoms with E-state index in [-0.39, 0.29) is 63.4 Å². The van der Waals surface area contributed by atoms with Crippen molar-refractivity contribution in [1.82, 2.24) is 0 Å².